The molecule has 0 unspecified atom stereocenters. The minimum Gasteiger partial charge on any atom is -0.426 e. The Balaban J connectivity index is 1.62. The van der Waals surface area contributed by atoms with Crippen LogP contribution in [-0.4, -0.2) is 30.9 Å². The highest BCUT2D eigenvalue weighted by Crippen LogP contribution is 2.27. The van der Waals surface area contributed by atoms with E-state index in [2.05, 4.69) is 15.5 Å². The van der Waals surface area contributed by atoms with Crippen molar-refractivity contribution in [1.29, 1.82) is 0 Å². The third-order valence-corrected chi connectivity index (χ3v) is 4.49. The van der Waals surface area contributed by atoms with Gasteiger partial charge < -0.3 is 15.0 Å². The van der Waals surface area contributed by atoms with Crippen LogP contribution in [0.15, 0.2) is 47.0 Å². The van der Waals surface area contributed by atoms with Gasteiger partial charge in [0.05, 0.1) is 16.1 Å². The van der Waals surface area contributed by atoms with Crippen molar-refractivity contribution in [2.45, 2.75) is 13.8 Å². The van der Waals surface area contributed by atoms with Crippen LogP contribution in [-0.2, 0) is 0 Å². The average Bonchev–Trinajstić information content (AvgIpc) is 3.21. The number of rotatable bonds is 4. The van der Waals surface area contributed by atoms with Gasteiger partial charge in [-0.1, -0.05) is 5.16 Å². The van der Waals surface area contributed by atoms with Crippen molar-refractivity contribution >= 4 is 28.3 Å². The molecule has 29 heavy (non-hydrogen) atoms. The van der Waals surface area contributed by atoms with Crippen LogP contribution in [0.3, 0.4) is 0 Å². The fourth-order valence-corrected chi connectivity index (χ4v) is 3.06. The zero-order valence-electron chi connectivity index (χ0n) is 15.4. The molecular formula is C19H15N5O5. The van der Waals surface area contributed by atoms with Crippen LogP contribution >= 0.6 is 0 Å². The van der Waals surface area contributed by atoms with E-state index in [-0.39, 0.29) is 22.9 Å². The minimum atomic E-state index is -0.539. The highest BCUT2D eigenvalue weighted by atomic mass is 16.6. The molecule has 0 bridgehead atoms. The molecule has 2 aromatic heterocycles. The second-order valence-electron chi connectivity index (χ2n) is 6.41. The zero-order valence-corrected chi connectivity index (χ0v) is 15.4. The predicted molar refractivity (Wildman–Crippen MR) is 103 cm³/mol. The predicted octanol–water partition coefficient (Wildman–Crippen LogP) is 3.71. The fourth-order valence-electron chi connectivity index (χ4n) is 3.06. The van der Waals surface area contributed by atoms with Gasteiger partial charge in [0.2, 0.25) is 0 Å². The maximum absolute atomic E-state index is 12.4. The van der Waals surface area contributed by atoms with Gasteiger partial charge in [0.1, 0.15) is 16.8 Å². The lowest BCUT2D eigenvalue weighted by Crippen LogP contribution is -2.13. The lowest BCUT2D eigenvalue weighted by Gasteiger charge is -2.06. The van der Waals surface area contributed by atoms with Gasteiger partial charge in [-0.2, -0.15) is 4.73 Å². The molecule has 0 saturated heterocycles. The Hall–Kier alpha value is -4.21. The van der Waals surface area contributed by atoms with Gasteiger partial charge in [-0.25, -0.2) is 4.98 Å². The van der Waals surface area contributed by atoms with Crippen molar-refractivity contribution in [3.05, 3.63) is 69.6 Å². The van der Waals surface area contributed by atoms with Gasteiger partial charge in [-0.05, 0) is 44.2 Å². The van der Waals surface area contributed by atoms with E-state index in [1.165, 1.54) is 18.2 Å². The largest absolute Gasteiger partial charge is 0.426 e. The molecule has 0 atom stereocenters. The second kappa shape index (κ2) is 6.75. The smallest absolute Gasteiger partial charge is 0.271 e. The number of non-ortho nitro benzene ring substituents is 1. The molecule has 2 heterocycles. The van der Waals surface area contributed by atoms with Crippen LogP contribution in [0.4, 0.5) is 11.4 Å². The molecule has 146 valence electrons. The zero-order chi connectivity index (χ0) is 20.7. The molecule has 2 N–H and O–H groups in total. The quantitative estimate of drug-likeness (QED) is 0.306. The molecule has 10 nitrogen and oxygen atoms in total. The Labute approximate surface area is 163 Å². The molecule has 0 saturated carbocycles. The number of nitro groups is 1. The summed E-state index contributed by atoms with van der Waals surface area (Å²) in [5, 5.41) is 27.9. The fraction of sp³-hybridized carbons (Fsp3) is 0.105. The number of fused-ring (bicyclic) bond motifs is 1. The normalized spacial score (nSPS) is 11.0. The number of aromatic nitrogens is 3. The van der Waals surface area contributed by atoms with E-state index in [4.69, 9.17) is 4.52 Å². The molecule has 10 heteroatoms. The topological polar surface area (TPSA) is 136 Å². The molecule has 0 fully saturated rings. The third kappa shape index (κ3) is 3.16. The van der Waals surface area contributed by atoms with Crippen molar-refractivity contribution in [3.63, 3.8) is 0 Å². The first-order chi connectivity index (χ1) is 13.8. The summed E-state index contributed by atoms with van der Waals surface area (Å²) in [6.45, 7) is 3.35. The van der Waals surface area contributed by atoms with Crippen molar-refractivity contribution in [3.8, 4) is 11.4 Å². The van der Waals surface area contributed by atoms with Crippen molar-refractivity contribution < 1.29 is 19.4 Å². The van der Waals surface area contributed by atoms with Gasteiger partial charge in [-0.15, -0.1) is 0 Å². The van der Waals surface area contributed by atoms with Crippen LogP contribution in [0.25, 0.3) is 22.4 Å². The Morgan fingerprint density at radius 3 is 2.55 bits per heavy atom. The molecule has 0 radical (unpaired) electrons. The van der Waals surface area contributed by atoms with E-state index in [9.17, 15) is 20.1 Å². The highest BCUT2D eigenvalue weighted by Gasteiger charge is 2.18. The lowest BCUT2D eigenvalue weighted by molar-refractivity contribution is -0.384. The van der Waals surface area contributed by atoms with Gasteiger partial charge >= 0.3 is 0 Å². The van der Waals surface area contributed by atoms with E-state index in [1.54, 1.807) is 38.1 Å². The third-order valence-electron chi connectivity index (χ3n) is 4.49. The number of carbonyl (C=O) groups is 1. The summed E-state index contributed by atoms with van der Waals surface area (Å²) in [6, 6.07) is 10.7. The Morgan fingerprint density at radius 1 is 1.21 bits per heavy atom. The molecule has 2 aromatic carbocycles. The number of benzene rings is 2. The number of nitro benzene ring substituents is 1. The van der Waals surface area contributed by atoms with E-state index in [1.807, 2.05) is 0 Å². The highest BCUT2D eigenvalue weighted by molar-refractivity contribution is 6.05. The number of hydrogen-bond acceptors (Lipinski definition) is 7. The standard InChI is InChI=1S/C19H15N5O5/c1-10-17(11(2)29-22-10)19(25)20-13-5-3-12(4-6-13)18-21-15-8-7-14(24(27)28)9-16(15)23(18)26/h3-9,26H,1-2H3,(H,20,25). The van der Waals surface area contributed by atoms with Crippen LogP contribution in [0.2, 0.25) is 0 Å². The van der Waals surface area contributed by atoms with E-state index >= 15 is 0 Å². The first kappa shape index (κ1) is 18.2. The van der Waals surface area contributed by atoms with Gasteiger partial charge in [-0.3, -0.25) is 14.9 Å². The van der Waals surface area contributed by atoms with Crippen molar-refractivity contribution in [2.24, 2.45) is 0 Å². The monoisotopic (exact) mass is 393 g/mol. The van der Waals surface area contributed by atoms with Gasteiger partial charge in [0.15, 0.2) is 5.82 Å². The summed E-state index contributed by atoms with van der Waals surface area (Å²) < 4.78 is 5.81. The summed E-state index contributed by atoms with van der Waals surface area (Å²) in [5.41, 5.74) is 2.50. The Morgan fingerprint density at radius 2 is 1.93 bits per heavy atom. The summed E-state index contributed by atoms with van der Waals surface area (Å²) in [7, 11) is 0. The number of imidazole rings is 1. The summed E-state index contributed by atoms with van der Waals surface area (Å²) in [4.78, 5) is 27.1. The van der Waals surface area contributed by atoms with Crippen molar-refractivity contribution in [1.82, 2.24) is 14.9 Å². The first-order valence-corrected chi connectivity index (χ1v) is 8.56. The number of hydrogen-bond donors (Lipinski definition) is 2. The number of aryl methyl sites for hydroxylation is 2. The molecule has 4 rings (SSSR count). The number of nitrogens with zero attached hydrogens (tertiary/aromatic N) is 4. The molecule has 0 aliphatic rings. The van der Waals surface area contributed by atoms with Gasteiger partial charge in [0, 0.05) is 23.4 Å². The average molecular weight is 393 g/mol. The molecule has 0 spiro atoms. The van der Waals surface area contributed by atoms with E-state index in [0.717, 1.165) is 4.73 Å². The number of anilines is 1. The Kier molecular flexibility index (Phi) is 4.23. The van der Waals surface area contributed by atoms with Crippen LogP contribution in [0, 0.1) is 24.0 Å². The molecule has 0 aliphatic carbocycles. The van der Waals surface area contributed by atoms with Crippen LogP contribution in [0.5, 0.6) is 0 Å². The number of amides is 1. The van der Waals surface area contributed by atoms with Crippen LogP contribution < -0.4 is 5.32 Å². The molecular weight excluding hydrogens is 378 g/mol. The molecule has 0 aliphatic heterocycles. The number of carbonyl (C=O) groups excluding carboxylic acids is 1. The van der Waals surface area contributed by atoms with Crippen molar-refractivity contribution in [2.75, 3.05) is 5.32 Å². The Bertz CT molecular complexity index is 1240. The first-order valence-electron chi connectivity index (χ1n) is 8.56. The van der Waals surface area contributed by atoms with Crippen LogP contribution in [0.1, 0.15) is 21.8 Å². The summed E-state index contributed by atoms with van der Waals surface area (Å²) in [6.07, 6.45) is 0. The lowest BCUT2D eigenvalue weighted by atomic mass is 10.1. The molecule has 1 amide bonds. The molecule has 4 aromatic rings. The maximum atomic E-state index is 12.4. The summed E-state index contributed by atoms with van der Waals surface area (Å²) in [5.74, 6) is 0.319. The maximum Gasteiger partial charge on any atom is 0.271 e. The van der Waals surface area contributed by atoms with E-state index in [0.29, 0.717) is 33.8 Å². The number of nitrogens with one attached hydrogen (secondary N) is 1. The van der Waals surface area contributed by atoms with Gasteiger partial charge in [0.25, 0.3) is 11.6 Å². The SMILES string of the molecule is Cc1noc(C)c1C(=O)Nc1ccc(-c2nc3ccc([N+](=O)[O-])cc3n2O)cc1. The second-order valence-corrected chi connectivity index (χ2v) is 6.41. The van der Waals surface area contributed by atoms with E-state index < -0.39 is 4.92 Å². The minimum absolute atomic E-state index is 0.142. The summed E-state index contributed by atoms with van der Waals surface area (Å²) >= 11 is 0.